The second-order valence-corrected chi connectivity index (χ2v) is 3.34. The third-order valence-electron chi connectivity index (χ3n) is 2.05. The van der Waals surface area contributed by atoms with Crippen molar-refractivity contribution < 1.29 is 14.6 Å². The third kappa shape index (κ3) is 3.01. The first-order valence-electron chi connectivity index (χ1n) is 4.99. The fraction of sp³-hybridized carbons (Fsp3) is 0.0833. The number of aliphatic carboxylic acids is 1. The Morgan fingerprint density at radius 1 is 1.29 bits per heavy atom. The van der Waals surface area contributed by atoms with Crippen LogP contribution in [0.2, 0.25) is 0 Å². The molecule has 0 aliphatic rings. The third-order valence-corrected chi connectivity index (χ3v) is 2.05. The molecule has 0 saturated carbocycles. The Morgan fingerprint density at radius 3 is 2.76 bits per heavy atom. The van der Waals surface area contributed by atoms with Crippen LogP contribution in [0.15, 0.2) is 42.9 Å². The largest absolute Gasteiger partial charge is 0.481 e. The minimum absolute atomic E-state index is 0.164. The van der Waals surface area contributed by atoms with E-state index in [1.165, 1.54) is 12.5 Å². The summed E-state index contributed by atoms with van der Waals surface area (Å²) in [5, 5.41) is 8.75. The van der Waals surface area contributed by atoms with E-state index in [0.717, 1.165) is 0 Å². The summed E-state index contributed by atoms with van der Waals surface area (Å²) < 4.78 is 5.50. The molecule has 5 nitrogen and oxygen atoms in total. The number of para-hydroxylation sites is 1. The van der Waals surface area contributed by atoms with Gasteiger partial charge in [-0.3, -0.25) is 4.79 Å². The molecule has 1 aromatic carbocycles. The normalized spacial score (nSPS) is 9.88. The highest BCUT2D eigenvalue weighted by molar-refractivity contribution is 5.70. The fourth-order valence-electron chi connectivity index (χ4n) is 1.32. The molecule has 0 bridgehead atoms. The van der Waals surface area contributed by atoms with Crippen LogP contribution in [-0.4, -0.2) is 21.0 Å². The van der Waals surface area contributed by atoms with Crippen molar-refractivity contribution in [1.29, 1.82) is 0 Å². The second-order valence-electron chi connectivity index (χ2n) is 3.34. The number of carboxylic acids is 1. The summed E-state index contributed by atoms with van der Waals surface area (Å²) in [6, 6.07) is 9.06. The van der Waals surface area contributed by atoms with Crippen LogP contribution in [0.1, 0.15) is 5.56 Å². The lowest BCUT2D eigenvalue weighted by atomic mass is 10.2. The maximum absolute atomic E-state index is 10.7. The number of nitrogens with zero attached hydrogens (tertiary/aromatic N) is 2. The number of aromatic nitrogens is 2. The predicted octanol–water partition coefficient (Wildman–Crippen LogP) is 1.90. The number of rotatable bonds is 4. The van der Waals surface area contributed by atoms with Gasteiger partial charge in [-0.2, -0.15) is 0 Å². The van der Waals surface area contributed by atoms with E-state index in [0.29, 0.717) is 11.3 Å². The molecule has 0 unspecified atom stereocenters. The zero-order valence-electron chi connectivity index (χ0n) is 8.91. The zero-order chi connectivity index (χ0) is 12.1. The van der Waals surface area contributed by atoms with Gasteiger partial charge in [-0.15, -0.1) is 0 Å². The molecule has 17 heavy (non-hydrogen) atoms. The van der Waals surface area contributed by atoms with Gasteiger partial charge >= 0.3 is 5.97 Å². The molecule has 86 valence electrons. The zero-order valence-corrected chi connectivity index (χ0v) is 8.91. The van der Waals surface area contributed by atoms with Gasteiger partial charge in [0.25, 0.3) is 0 Å². The number of carbonyl (C=O) groups is 1. The van der Waals surface area contributed by atoms with Gasteiger partial charge in [-0.25, -0.2) is 9.97 Å². The topological polar surface area (TPSA) is 72.3 Å². The van der Waals surface area contributed by atoms with Gasteiger partial charge in [0.2, 0.25) is 5.88 Å². The van der Waals surface area contributed by atoms with Crippen molar-refractivity contribution >= 4 is 5.97 Å². The lowest BCUT2D eigenvalue weighted by Gasteiger charge is -2.07. The molecule has 2 rings (SSSR count). The number of ether oxygens (including phenoxy) is 1. The smallest absolute Gasteiger partial charge is 0.308 e. The van der Waals surface area contributed by atoms with E-state index in [2.05, 4.69) is 9.97 Å². The molecule has 2 aromatic rings. The lowest BCUT2D eigenvalue weighted by Crippen LogP contribution is -2.03. The van der Waals surface area contributed by atoms with Gasteiger partial charge in [0.05, 0.1) is 6.42 Å². The van der Waals surface area contributed by atoms with Crippen LogP contribution < -0.4 is 4.74 Å². The van der Waals surface area contributed by atoms with Gasteiger partial charge in [0.15, 0.2) is 0 Å². The summed E-state index contributed by atoms with van der Waals surface area (Å²) in [5.41, 5.74) is 0.448. The van der Waals surface area contributed by atoms with Crippen molar-refractivity contribution in [1.82, 2.24) is 9.97 Å². The molecule has 0 atom stereocenters. The van der Waals surface area contributed by atoms with Crippen molar-refractivity contribution in [3.05, 3.63) is 48.4 Å². The van der Waals surface area contributed by atoms with E-state index in [4.69, 9.17) is 9.84 Å². The first kappa shape index (κ1) is 11.1. The van der Waals surface area contributed by atoms with Crippen molar-refractivity contribution in [3.8, 4) is 11.6 Å². The summed E-state index contributed by atoms with van der Waals surface area (Å²) in [6.45, 7) is 0. The minimum atomic E-state index is -0.947. The first-order valence-corrected chi connectivity index (χ1v) is 4.99. The van der Waals surface area contributed by atoms with Crippen LogP contribution in [0.25, 0.3) is 0 Å². The number of hydrogen-bond donors (Lipinski definition) is 1. The highest BCUT2D eigenvalue weighted by Gasteiger charge is 2.10. The Hall–Kier alpha value is -2.43. The van der Waals surface area contributed by atoms with E-state index in [-0.39, 0.29) is 12.3 Å². The number of carboxylic acid groups (broad SMARTS) is 1. The molecule has 0 spiro atoms. The van der Waals surface area contributed by atoms with Crippen molar-refractivity contribution in [3.63, 3.8) is 0 Å². The van der Waals surface area contributed by atoms with Gasteiger partial charge in [0.1, 0.15) is 12.1 Å². The average Bonchev–Trinajstić information content (AvgIpc) is 2.32. The van der Waals surface area contributed by atoms with Crippen LogP contribution in [0.5, 0.6) is 11.6 Å². The van der Waals surface area contributed by atoms with Crippen LogP contribution in [0.4, 0.5) is 0 Å². The Kier molecular flexibility index (Phi) is 3.30. The maximum atomic E-state index is 10.7. The monoisotopic (exact) mass is 230 g/mol. The SMILES string of the molecule is O=C(O)Cc1cncnc1Oc1ccccc1. The van der Waals surface area contributed by atoms with Gasteiger partial charge < -0.3 is 9.84 Å². The molecule has 0 saturated heterocycles. The minimum Gasteiger partial charge on any atom is -0.481 e. The average molecular weight is 230 g/mol. The van der Waals surface area contributed by atoms with Crippen molar-refractivity contribution in [2.75, 3.05) is 0 Å². The highest BCUT2D eigenvalue weighted by Crippen LogP contribution is 2.21. The molecule has 5 heteroatoms. The van der Waals surface area contributed by atoms with Gasteiger partial charge in [0, 0.05) is 11.8 Å². The number of benzene rings is 1. The first-order chi connectivity index (χ1) is 8.25. The van der Waals surface area contributed by atoms with Gasteiger partial charge in [-0.1, -0.05) is 18.2 Å². The van der Waals surface area contributed by atoms with E-state index < -0.39 is 5.97 Å². The number of hydrogen-bond acceptors (Lipinski definition) is 4. The fourth-order valence-corrected chi connectivity index (χ4v) is 1.32. The molecular formula is C12H10N2O3. The Labute approximate surface area is 97.7 Å². The standard InChI is InChI=1S/C12H10N2O3/c15-11(16)6-9-7-13-8-14-12(9)17-10-4-2-1-3-5-10/h1-5,7-8H,6H2,(H,15,16). The molecule has 0 aliphatic carbocycles. The lowest BCUT2D eigenvalue weighted by molar-refractivity contribution is -0.136. The quantitative estimate of drug-likeness (QED) is 0.868. The molecular weight excluding hydrogens is 220 g/mol. The summed E-state index contributed by atoms with van der Waals surface area (Å²) in [5.74, 6) is -0.0656. The molecule has 1 heterocycles. The van der Waals surface area contributed by atoms with E-state index in [1.807, 2.05) is 18.2 Å². The second kappa shape index (κ2) is 5.07. The van der Waals surface area contributed by atoms with Crippen LogP contribution >= 0.6 is 0 Å². The van der Waals surface area contributed by atoms with Crippen molar-refractivity contribution in [2.45, 2.75) is 6.42 Å². The summed E-state index contributed by atoms with van der Waals surface area (Å²) >= 11 is 0. The molecule has 0 radical (unpaired) electrons. The van der Waals surface area contributed by atoms with Crippen molar-refractivity contribution in [2.24, 2.45) is 0 Å². The predicted molar refractivity (Wildman–Crippen MR) is 59.9 cm³/mol. The van der Waals surface area contributed by atoms with Gasteiger partial charge in [-0.05, 0) is 12.1 Å². The van der Waals surface area contributed by atoms with E-state index in [1.54, 1.807) is 12.1 Å². The maximum Gasteiger partial charge on any atom is 0.308 e. The molecule has 0 fully saturated rings. The van der Waals surface area contributed by atoms with Crippen LogP contribution in [0.3, 0.4) is 0 Å². The van der Waals surface area contributed by atoms with Crippen LogP contribution in [0, 0.1) is 0 Å². The molecule has 0 aliphatic heterocycles. The molecule has 1 N–H and O–H groups in total. The molecule has 1 aromatic heterocycles. The Balaban J connectivity index is 2.23. The van der Waals surface area contributed by atoms with Crippen LogP contribution in [-0.2, 0) is 11.2 Å². The summed E-state index contributed by atoms with van der Waals surface area (Å²) in [7, 11) is 0. The van der Waals surface area contributed by atoms with E-state index in [9.17, 15) is 4.79 Å². The summed E-state index contributed by atoms with van der Waals surface area (Å²) in [6.07, 6.45) is 2.60. The summed E-state index contributed by atoms with van der Waals surface area (Å²) in [4.78, 5) is 18.4. The molecule has 0 amide bonds. The van der Waals surface area contributed by atoms with E-state index >= 15 is 0 Å². The Morgan fingerprint density at radius 2 is 2.06 bits per heavy atom. The highest BCUT2D eigenvalue weighted by atomic mass is 16.5. The Bertz CT molecular complexity index is 514.